The van der Waals surface area contributed by atoms with Crippen molar-refractivity contribution in [3.05, 3.63) is 65.7 Å². The van der Waals surface area contributed by atoms with Crippen LogP contribution >= 0.6 is 0 Å². The number of hydrogen-bond acceptors (Lipinski definition) is 4. The average Bonchev–Trinajstić information content (AvgIpc) is 2.94. The lowest BCUT2D eigenvalue weighted by Crippen LogP contribution is -2.56. The van der Waals surface area contributed by atoms with Crippen molar-refractivity contribution in [1.29, 1.82) is 0 Å². The van der Waals surface area contributed by atoms with Crippen LogP contribution in [-0.4, -0.2) is 38.6 Å². The van der Waals surface area contributed by atoms with E-state index in [-0.39, 0.29) is 21.8 Å². The summed E-state index contributed by atoms with van der Waals surface area (Å²) in [4.78, 5) is 16.1. The van der Waals surface area contributed by atoms with Gasteiger partial charge in [0.1, 0.15) is 5.82 Å². The van der Waals surface area contributed by atoms with Crippen LogP contribution in [0.3, 0.4) is 0 Å². The molecule has 9 heteroatoms. The van der Waals surface area contributed by atoms with Gasteiger partial charge < -0.3 is 5.11 Å². The highest BCUT2D eigenvalue weighted by molar-refractivity contribution is 6.05. The first-order valence-electron chi connectivity index (χ1n) is 7.09. The van der Waals surface area contributed by atoms with Gasteiger partial charge in [0, 0.05) is 18.0 Å². The maximum Gasteiger partial charge on any atom is 0.438 e. The summed E-state index contributed by atoms with van der Waals surface area (Å²) < 4.78 is 53.3. The quantitative estimate of drug-likeness (QED) is 0.845. The van der Waals surface area contributed by atoms with Crippen LogP contribution in [0.2, 0.25) is 0 Å². The molecule has 5 nitrogen and oxygen atoms in total. The minimum atomic E-state index is -5.14. The molecule has 3 rings (SSSR count). The van der Waals surface area contributed by atoms with E-state index in [1.54, 1.807) is 0 Å². The molecule has 2 aromatic rings. The molecule has 0 spiro atoms. The number of aliphatic hydroxyl groups is 1. The molecule has 25 heavy (non-hydrogen) atoms. The van der Waals surface area contributed by atoms with E-state index in [2.05, 4.69) is 10.1 Å². The van der Waals surface area contributed by atoms with Crippen molar-refractivity contribution in [2.24, 2.45) is 5.10 Å². The van der Waals surface area contributed by atoms with Crippen LogP contribution in [-0.2, 0) is 0 Å². The number of rotatable bonds is 2. The Morgan fingerprint density at radius 1 is 1.12 bits per heavy atom. The molecule has 0 aliphatic carbocycles. The van der Waals surface area contributed by atoms with E-state index in [1.165, 1.54) is 36.7 Å². The van der Waals surface area contributed by atoms with E-state index in [1.807, 2.05) is 0 Å². The second-order valence-corrected chi connectivity index (χ2v) is 5.40. The minimum Gasteiger partial charge on any atom is -0.362 e. The van der Waals surface area contributed by atoms with Gasteiger partial charge in [-0.2, -0.15) is 23.3 Å². The molecule has 0 bridgehead atoms. The number of alkyl halides is 3. The van der Waals surface area contributed by atoms with Gasteiger partial charge in [-0.05, 0) is 29.8 Å². The number of hydrogen-bond donors (Lipinski definition) is 1. The van der Waals surface area contributed by atoms with E-state index in [0.717, 1.165) is 12.1 Å². The van der Waals surface area contributed by atoms with Gasteiger partial charge in [0.05, 0.1) is 12.1 Å². The van der Waals surface area contributed by atoms with E-state index in [9.17, 15) is 27.5 Å². The standard InChI is InChI=1S/C16H11F4N3O2/c17-12-3-1-10(2-4-12)13-9-15(25,16(18,19)20)23(22-13)14(24)11-5-7-21-8-6-11/h1-8,25H,9H2/t15-/m0/s1. The number of amides is 1. The van der Waals surface area contributed by atoms with E-state index >= 15 is 0 Å². The highest BCUT2D eigenvalue weighted by Gasteiger charge is 2.63. The molecule has 1 N–H and O–H groups in total. The van der Waals surface area contributed by atoms with Crippen LogP contribution in [0, 0.1) is 5.82 Å². The van der Waals surface area contributed by atoms with Crippen molar-refractivity contribution in [3.8, 4) is 0 Å². The zero-order chi connectivity index (χ0) is 18.2. The van der Waals surface area contributed by atoms with Crippen LogP contribution in [0.15, 0.2) is 53.9 Å². The Morgan fingerprint density at radius 3 is 2.28 bits per heavy atom. The Bertz CT molecular complexity index is 822. The smallest absolute Gasteiger partial charge is 0.362 e. The third kappa shape index (κ3) is 2.98. The van der Waals surface area contributed by atoms with E-state index in [0.29, 0.717) is 0 Å². The number of carbonyl (C=O) groups is 1. The van der Waals surface area contributed by atoms with Crippen LogP contribution < -0.4 is 0 Å². The first-order valence-corrected chi connectivity index (χ1v) is 7.09. The summed E-state index contributed by atoms with van der Waals surface area (Å²) in [6, 6.07) is 6.99. The molecule has 0 saturated heterocycles. The molecule has 130 valence electrons. The fourth-order valence-corrected chi connectivity index (χ4v) is 2.40. The van der Waals surface area contributed by atoms with Crippen molar-refractivity contribution in [1.82, 2.24) is 9.99 Å². The summed E-state index contributed by atoms with van der Waals surface area (Å²) in [6.07, 6.45) is -3.62. The molecule has 1 atom stereocenters. The minimum absolute atomic E-state index is 0.0149. The molecule has 1 aromatic carbocycles. The number of halogens is 4. The van der Waals surface area contributed by atoms with Crippen LogP contribution in [0.5, 0.6) is 0 Å². The van der Waals surface area contributed by atoms with E-state index < -0.39 is 30.0 Å². The number of pyridine rings is 1. The summed E-state index contributed by atoms with van der Waals surface area (Å²) in [6.45, 7) is 0. The third-order valence-corrected chi connectivity index (χ3v) is 3.74. The highest BCUT2D eigenvalue weighted by atomic mass is 19.4. The zero-order valence-electron chi connectivity index (χ0n) is 12.5. The van der Waals surface area contributed by atoms with Crippen LogP contribution in [0.1, 0.15) is 22.3 Å². The molecule has 2 heterocycles. The topological polar surface area (TPSA) is 65.8 Å². The molecule has 1 amide bonds. The van der Waals surface area contributed by atoms with Gasteiger partial charge in [0.15, 0.2) is 0 Å². The van der Waals surface area contributed by atoms with Gasteiger partial charge >= 0.3 is 6.18 Å². The maximum absolute atomic E-state index is 13.4. The Morgan fingerprint density at radius 2 is 1.72 bits per heavy atom. The predicted octanol–water partition coefficient (Wildman–Crippen LogP) is 2.72. The number of carbonyl (C=O) groups excluding carboxylic acids is 1. The summed E-state index contributed by atoms with van der Waals surface area (Å²) >= 11 is 0. The molecule has 0 unspecified atom stereocenters. The predicted molar refractivity (Wildman–Crippen MR) is 79.0 cm³/mol. The van der Waals surface area contributed by atoms with Crippen molar-refractivity contribution >= 4 is 11.6 Å². The van der Waals surface area contributed by atoms with Crippen LogP contribution in [0.4, 0.5) is 17.6 Å². The molecule has 1 aromatic heterocycles. The molecule has 0 radical (unpaired) electrons. The van der Waals surface area contributed by atoms with Gasteiger partial charge in [-0.25, -0.2) is 4.39 Å². The van der Waals surface area contributed by atoms with Gasteiger partial charge in [-0.15, -0.1) is 0 Å². The molecule has 1 aliphatic heterocycles. The van der Waals surface area contributed by atoms with E-state index in [4.69, 9.17) is 0 Å². The molecular weight excluding hydrogens is 342 g/mol. The Hall–Kier alpha value is -2.81. The Balaban J connectivity index is 2.04. The normalized spacial score (nSPS) is 20.5. The Kier molecular flexibility index (Phi) is 4.03. The lowest BCUT2D eigenvalue weighted by atomic mass is 10.0. The van der Waals surface area contributed by atoms with Crippen molar-refractivity contribution in [3.63, 3.8) is 0 Å². The number of nitrogens with zero attached hydrogens (tertiary/aromatic N) is 3. The monoisotopic (exact) mass is 353 g/mol. The van der Waals surface area contributed by atoms with Crippen molar-refractivity contribution in [2.45, 2.75) is 18.3 Å². The molecule has 1 aliphatic rings. The lowest BCUT2D eigenvalue weighted by Gasteiger charge is -2.32. The number of aromatic nitrogens is 1. The fourth-order valence-electron chi connectivity index (χ4n) is 2.40. The zero-order valence-corrected chi connectivity index (χ0v) is 12.5. The first kappa shape index (κ1) is 17.0. The summed E-state index contributed by atoms with van der Waals surface area (Å²) in [5.41, 5.74) is -3.60. The molecule has 0 saturated carbocycles. The second-order valence-electron chi connectivity index (χ2n) is 5.40. The largest absolute Gasteiger partial charge is 0.438 e. The molecular formula is C16H11F4N3O2. The first-order chi connectivity index (χ1) is 11.7. The second kappa shape index (κ2) is 5.92. The SMILES string of the molecule is O=C(c1ccncc1)N1N=C(c2ccc(F)cc2)C[C@]1(O)C(F)(F)F. The van der Waals surface area contributed by atoms with Crippen molar-refractivity contribution in [2.75, 3.05) is 0 Å². The van der Waals surface area contributed by atoms with Gasteiger partial charge in [0.2, 0.25) is 0 Å². The highest BCUT2D eigenvalue weighted by Crippen LogP contribution is 2.41. The third-order valence-electron chi connectivity index (χ3n) is 3.74. The number of benzene rings is 1. The number of hydrazone groups is 1. The van der Waals surface area contributed by atoms with Gasteiger partial charge in [-0.3, -0.25) is 9.78 Å². The lowest BCUT2D eigenvalue weighted by molar-refractivity contribution is -0.297. The van der Waals surface area contributed by atoms with Gasteiger partial charge in [0.25, 0.3) is 11.6 Å². The van der Waals surface area contributed by atoms with Crippen LogP contribution in [0.25, 0.3) is 0 Å². The summed E-state index contributed by atoms with van der Waals surface area (Å²) in [7, 11) is 0. The van der Waals surface area contributed by atoms with Gasteiger partial charge in [-0.1, -0.05) is 12.1 Å². The average molecular weight is 353 g/mol. The summed E-state index contributed by atoms with van der Waals surface area (Å²) in [5.74, 6) is -1.70. The van der Waals surface area contributed by atoms with Crippen molar-refractivity contribution < 1.29 is 27.5 Å². The fraction of sp³-hybridized carbons (Fsp3) is 0.188. The summed E-state index contributed by atoms with van der Waals surface area (Å²) in [5, 5.41) is 13.9. The molecule has 0 fully saturated rings. The maximum atomic E-state index is 13.4. The Labute approximate surface area is 139 Å².